The Morgan fingerprint density at radius 1 is 1.50 bits per heavy atom. The van der Waals surface area contributed by atoms with E-state index in [4.69, 9.17) is 4.74 Å². The highest BCUT2D eigenvalue weighted by Gasteiger charge is 2.14. The second kappa shape index (κ2) is 7.09. The molecule has 0 unspecified atom stereocenters. The van der Waals surface area contributed by atoms with Crippen molar-refractivity contribution in [2.75, 3.05) is 44.1 Å². The number of urea groups is 1. The number of ether oxygens (including phenoxy) is 1. The first-order valence-electron chi connectivity index (χ1n) is 6.91. The average Bonchev–Trinajstić information content (AvgIpc) is 2.47. The van der Waals surface area contributed by atoms with Crippen molar-refractivity contribution in [3.8, 4) is 0 Å². The van der Waals surface area contributed by atoms with Gasteiger partial charge in [-0.15, -0.1) is 0 Å². The predicted octanol–water partition coefficient (Wildman–Crippen LogP) is 1.70. The van der Waals surface area contributed by atoms with Gasteiger partial charge in [0.25, 0.3) is 0 Å². The molecular formula is C14H22N4O2. The third kappa shape index (κ3) is 4.38. The van der Waals surface area contributed by atoms with E-state index in [1.807, 2.05) is 25.1 Å². The number of hydrogen-bond acceptors (Lipinski definition) is 4. The largest absolute Gasteiger partial charge is 0.381 e. The summed E-state index contributed by atoms with van der Waals surface area (Å²) in [5, 5.41) is 5.58. The first-order chi connectivity index (χ1) is 9.65. The third-order valence-electron chi connectivity index (χ3n) is 3.31. The second-order valence-electron chi connectivity index (χ2n) is 5.21. The van der Waals surface area contributed by atoms with Crippen LogP contribution in [0.15, 0.2) is 18.3 Å². The molecule has 2 rings (SSSR count). The monoisotopic (exact) mass is 278 g/mol. The van der Waals surface area contributed by atoms with Gasteiger partial charge >= 0.3 is 6.03 Å². The SMILES string of the molecule is CN(C)c1ccc(NC(=O)NC[C@H]2CCCOC2)nc1. The summed E-state index contributed by atoms with van der Waals surface area (Å²) in [7, 11) is 3.89. The molecule has 20 heavy (non-hydrogen) atoms. The molecule has 6 nitrogen and oxygen atoms in total. The van der Waals surface area contributed by atoms with Gasteiger partial charge in [-0.1, -0.05) is 0 Å². The lowest BCUT2D eigenvalue weighted by molar-refractivity contribution is 0.0559. The Bertz CT molecular complexity index is 427. The van der Waals surface area contributed by atoms with Crippen molar-refractivity contribution < 1.29 is 9.53 Å². The summed E-state index contributed by atoms with van der Waals surface area (Å²) >= 11 is 0. The number of nitrogens with zero attached hydrogens (tertiary/aromatic N) is 2. The summed E-state index contributed by atoms with van der Waals surface area (Å²) in [5.74, 6) is 0.964. The summed E-state index contributed by atoms with van der Waals surface area (Å²) in [6.07, 6.45) is 3.90. The fourth-order valence-electron chi connectivity index (χ4n) is 2.09. The van der Waals surface area contributed by atoms with Crippen LogP contribution in [0.1, 0.15) is 12.8 Å². The number of aromatic nitrogens is 1. The zero-order chi connectivity index (χ0) is 14.4. The lowest BCUT2D eigenvalue weighted by atomic mass is 10.0. The molecule has 1 atom stereocenters. The lowest BCUT2D eigenvalue weighted by Crippen LogP contribution is -2.36. The van der Waals surface area contributed by atoms with E-state index in [2.05, 4.69) is 15.6 Å². The van der Waals surface area contributed by atoms with E-state index >= 15 is 0 Å². The first kappa shape index (κ1) is 14.6. The highest BCUT2D eigenvalue weighted by molar-refractivity contribution is 5.88. The van der Waals surface area contributed by atoms with Gasteiger partial charge in [0.2, 0.25) is 0 Å². The minimum Gasteiger partial charge on any atom is -0.381 e. The van der Waals surface area contributed by atoms with Crippen LogP contribution in [0.5, 0.6) is 0 Å². The van der Waals surface area contributed by atoms with Crippen molar-refractivity contribution in [1.29, 1.82) is 0 Å². The highest BCUT2D eigenvalue weighted by atomic mass is 16.5. The van der Waals surface area contributed by atoms with Crippen LogP contribution in [0.2, 0.25) is 0 Å². The third-order valence-corrected chi connectivity index (χ3v) is 3.31. The summed E-state index contributed by atoms with van der Waals surface area (Å²) in [4.78, 5) is 17.9. The van der Waals surface area contributed by atoms with Gasteiger partial charge in [0.15, 0.2) is 0 Å². The molecule has 0 aliphatic carbocycles. The number of carbonyl (C=O) groups excluding carboxylic acids is 1. The molecule has 0 spiro atoms. The summed E-state index contributed by atoms with van der Waals surface area (Å²) in [5.41, 5.74) is 0.996. The van der Waals surface area contributed by atoms with E-state index in [0.717, 1.165) is 31.7 Å². The van der Waals surface area contributed by atoms with E-state index in [9.17, 15) is 4.79 Å². The fourth-order valence-corrected chi connectivity index (χ4v) is 2.09. The van der Waals surface area contributed by atoms with Gasteiger partial charge in [-0.25, -0.2) is 9.78 Å². The van der Waals surface area contributed by atoms with Crippen LogP contribution in [0.25, 0.3) is 0 Å². The second-order valence-corrected chi connectivity index (χ2v) is 5.21. The molecule has 0 saturated carbocycles. The molecule has 110 valence electrons. The van der Waals surface area contributed by atoms with Crippen molar-refractivity contribution in [2.45, 2.75) is 12.8 Å². The quantitative estimate of drug-likeness (QED) is 0.879. The Kier molecular flexibility index (Phi) is 5.17. The maximum absolute atomic E-state index is 11.8. The maximum atomic E-state index is 11.8. The molecule has 1 fully saturated rings. The van der Waals surface area contributed by atoms with E-state index in [1.54, 1.807) is 12.3 Å². The molecule has 1 aliphatic rings. The van der Waals surface area contributed by atoms with Crippen LogP contribution in [0, 0.1) is 5.92 Å². The number of carbonyl (C=O) groups is 1. The molecule has 2 N–H and O–H groups in total. The average molecular weight is 278 g/mol. The van der Waals surface area contributed by atoms with Gasteiger partial charge in [-0.05, 0) is 30.9 Å². The van der Waals surface area contributed by atoms with Gasteiger partial charge in [0.1, 0.15) is 5.82 Å². The van der Waals surface area contributed by atoms with Crippen molar-refractivity contribution in [3.05, 3.63) is 18.3 Å². The standard InChI is InChI=1S/C14H22N4O2/c1-18(2)12-5-6-13(15-9-12)17-14(19)16-8-11-4-3-7-20-10-11/h5-6,9,11H,3-4,7-8,10H2,1-2H3,(H2,15,16,17,19)/t11-/m1/s1. The van der Waals surface area contributed by atoms with Crippen molar-refractivity contribution in [3.63, 3.8) is 0 Å². The molecule has 1 aromatic rings. The van der Waals surface area contributed by atoms with Crippen LogP contribution < -0.4 is 15.5 Å². The number of nitrogens with one attached hydrogen (secondary N) is 2. The maximum Gasteiger partial charge on any atom is 0.320 e. The van der Waals surface area contributed by atoms with Crippen LogP contribution in [-0.4, -0.2) is 44.9 Å². The molecule has 1 aliphatic heterocycles. The molecule has 0 radical (unpaired) electrons. The van der Waals surface area contributed by atoms with Crippen LogP contribution in [0.4, 0.5) is 16.3 Å². The van der Waals surface area contributed by atoms with Crippen molar-refractivity contribution >= 4 is 17.5 Å². The first-order valence-corrected chi connectivity index (χ1v) is 6.91. The molecule has 2 heterocycles. The topological polar surface area (TPSA) is 66.5 Å². The van der Waals surface area contributed by atoms with Crippen molar-refractivity contribution in [1.82, 2.24) is 10.3 Å². The van der Waals surface area contributed by atoms with E-state index in [1.165, 1.54) is 0 Å². The Balaban J connectivity index is 1.75. The van der Waals surface area contributed by atoms with Gasteiger partial charge in [0.05, 0.1) is 18.5 Å². The fraction of sp³-hybridized carbons (Fsp3) is 0.571. The molecule has 0 aromatic carbocycles. The van der Waals surface area contributed by atoms with Gasteiger partial charge in [0, 0.05) is 27.2 Å². The minimum absolute atomic E-state index is 0.222. The number of amides is 2. The Labute approximate surface area is 119 Å². The van der Waals surface area contributed by atoms with E-state index < -0.39 is 0 Å². The van der Waals surface area contributed by atoms with Crippen LogP contribution >= 0.6 is 0 Å². The number of pyridine rings is 1. The summed E-state index contributed by atoms with van der Waals surface area (Å²) < 4.78 is 5.38. The molecule has 2 amide bonds. The zero-order valence-corrected chi connectivity index (χ0v) is 12.1. The molecular weight excluding hydrogens is 256 g/mol. The molecule has 1 aromatic heterocycles. The smallest absolute Gasteiger partial charge is 0.320 e. The molecule has 1 saturated heterocycles. The van der Waals surface area contributed by atoms with Crippen molar-refractivity contribution in [2.24, 2.45) is 5.92 Å². The van der Waals surface area contributed by atoms with E-state index in [-0.39, 0.29) is 6.03 Å². The number of anilines is 2. The minimum atomic E-state index is -0.222. The highest BCUT2D eigenvalue weighted by Crippen LogP contribution is 2.13. The summed E-state index contributed by atoms with van der Waals surface area (Å²) in [6, 6.07) is 3.48. The number of rotatable bonds is 4. The Morgan fingerprint density at radius 2 is 2.35 bits per heavy atom. The Morgan fingerprint density at radius 3 is 2.95 bits per heavy atom. The molecule has 6 heteroatoms. The van der Waals surface area contributed by atoms with Crippen LogP contribution in [0.3, 0.4) is 0 Å². The Hall–Kier alpha value is -1.82. The van der Waals surface area contributed by atoms with Crippen LogP contribution in [-0.2, 0) is 4.74 Å². The zero-order valence-electron chi connectivity index (χ0n) is 12.1. The lowest BCUT2D eigenvalue weighted by Gasteiger charge is -2.22. The van der Waals surface area contributed by atoms with Gasteiger partial charge in [-0.2, -0.15) is 0 Å². The van der Waals surface area contributed by atoms with Gasteiger partial charge < -0.3 is 15.0 Å². The van der Waals surface area contributed by atoms with E-state index in [0.29, 0.717) is 18.3 Å². The van der Waals surface area contributed by atoms with Gasteiger partial charge in [-0.3, -0.25) is 5.32 Å². The molecule has 0 bridgehead atoms. The normalized spacial score (nSPS) is 18.4. The number of hydrogen-bond donors (Lipinski definition) is 2. The predicted molar refractivity (Wildman–Crippen MR) is 79.1 cm³/mol. The summed E-state index contributed by atoms with van der Waals surface area (Å²) in [6.45, 7) is 2.21.